The van der Waals surface area contributed by atoms with E-state index in [0.29, 0.717) is 0 Å². The Morgan fingerprint density at radius 1 is 0.973 bits per heavy atom. The summed E-state index contributed by atoms with van der Waals surface area (Å²) in [6.07, 6.45) is 1.12. The average Bonchev–Trinajstić information content (AvgIpc) is 3.29. The number of fused-ring (bicyclic) bond motifs is 1. The highest BCUT2D eigenvalue weighted by Crippen LogP contribution is 2.17. The lowest BCUT2D eigenvalue weighted by Gasteiger charge is -2.34. The molecule has 4 aromatic rings. The van der Waals surface area contributed by atoms with Crippen LogP contribution in [0.3, 0.4) is 0 Å². The van der Waals surface area contributed by atoms with Gasteiger partial charge in [-0.1, -0.05) is 42.5 Å². The Balaban J connectivity index is 1.20. The maximum Gasteiger partial charge on any atom is 0.247 e. The van der Waals surface area contributed by atoms with Gasteiger partial charge in [-0.15, -0.1) is 0 Å². The third kappa shape index (κ3) is 7.62. The first-order chi connectivity index (χ1) is 17.8. The predicted molar refractivity (Wildman–Crippen MR) is 146 cm³/mol. The Labute approximate surface area is 217 Å². The average molecular weight is 502 g/mol. The molecule has 0 aliphatic rings. The van der Waals surface area contributed by atoms with Crippen LogP contribution in [0.5, 0.6) is 5.75 Å². The fourth-order valence-corrected chi connectivity index (χ4v) is 4.15. The molecule has 0 aliphatic carbocycles. The van der Waals surface area contributed by atoms with Gasteiger partial charge in [0, 0.05) is 17.3 Å². The zero-order valence-corrected chi connectivity index (χ0v) is 21.6. The molecule has 1 aromatic heterocycles. The van der Waals surface area contributed by atoms with Crippen molar-refractivity contribution in [2.75, 3.05) is 11.9 Å². The number of ether oxygens (including phenoxy) is 1. The van der Waals surface area contributed by atoms with E-state index in [1.165, 1.54) is 10.4 Å². The lowest BCUT2D eigenvalue weighted by Crippen LogP contribution is -2.55. The van der Waals surface area contributed by atoms with E-state index in [9.17, 15) is 9.90 Å². The number of nitrogens with one attached hydrogen (secondary N) is 2. The van der Waals surface area contributed by atoms with Gasteiger partial charge in [-0.25, -0.2) is 0 Å². The van der Waals surface area contributed by atoms with Crippen LogP contribution in [0, 0.1) is 0 Å². The number of hydrogen-bond acceptors (Lipinski definition) is 6. The number of nitrogens with zero attached hydrogens (tertiary/aromatic N) is 3. The minimum Gasteiger partial charge on any atom is -0.491 e. The van der Waals surface area contributed by atoms with E-state index in [0.717, 1.165) is 35.3 Å². The van der Waals surface area contributed by atoms with E-state index < -0.39 is 11.6 Å². The topological polar surface area (TPSA) is 101 Å². The Morgan fingerprint density at radius 3 is 2.24 bits per heavy atom. The Kier molecular flexibility index (Phi) is 8.53. The van der Waals surface area contributed by atoms with Gasteiger partial charge in [0.25, 0.3) is 0 Å². The molecule has 8 heteroatoms. The van der Waals surface area contributed by atoms with Crippen LogP contribution in [-0.2, 0) is 17.8 Å². The third-order valence-corrected chi connectivity index (χ3v) is 6.32. The molecular formula is C29H35N5O3. The van der Waals surface area contributed by atoms with Crippen LogP contribution in [0.25, 0.3) is 11.0 Å². The molecule has 3 N–H and O–H groups in total. The molecule has 1 heterocycles. The van der Waals surface area contributed by atoms with Gasteiger partial charge in [0.2, 0.25) is 5.91 Å². The molecule has 3 aromatic carbocycles. The van der Waals surface area contributed by atoms with E-state index >= 15 is 0 Å². The summed E-state index contributed by atoms with van der Waals surface area (Å²) in [4.78, 5) is 13.8. The molecule has 0 aliphatic heterocycles. The van der Waals surface area contributed by atoms with Crippen LogP contribution in [0.15, 0.2) is 78.9 Å². The molecule has 0 radical (unpaired) electrons. The van der Waals surface area contributed by atoms with Crippen molar-refractivity contribution in [3.8, 4) is 5.75 Å². The normalized spacial score (nSPS) is 13.3. The quantitative estimate of drug-likeness (QED) is 0.269. The van der Waals surface area contributed by atoms with Gasteiger partial charge in [0.1, 0.15) is 36.0 Å². The summed E-state index contributed by atoms with van der Waals surface area (Å²) in [5.74, 6) is 0.569. The molecule has 4 rings (SSSR count). The number of aliphatic hydroxyl groups excluding tert-OH is 1. The number of amides is 1. The number of aryl methyl sites for hydroxylation is 1. The number of aromatic nitrogens is 3. The molecule has 37 heavy (non-hydrogen) atoms. The van der Waals surface area contributed by atoms with E-state index in [2.05, 4.69) is 27.8 Å². The van der Waals surface area contributed by atoms with Crippen LogP contribution in [-0.4, -0.2) is 50.3 Å². The fourth-order valence-electron chi connectivity index (χ4n) is 4.15. The van der Waals surface area contributed by atoms with Crippen LogP contribution >= 0.6 is 0 Å². The highest BCUT2D eigenvalue weighted by molar-refractivity contribution is 5.90. The highest BCUT2D eigenvalue weighted by Gasteiger charge is 2.29. The monoisotopic (exact) mass is 501 g/mol. The van der Waals surface area contributed by atoms with Crippen molar-refractivity contribution >= 4 is 22.6 Å². The molecule has 0 fully saturated rings. The van der Waals surface area contributed by atoms with Crippen LogP contribution in [0.4, 0.5) is 5.69 Å². The lowest BCUT2D eigenvalue weighted by molar-refractivity contribution is -0.117. The summed E-state index contributed by atoms with van der Waals surface area (Å²) in [6, 6.07) is 25.1. The predicted octanol–water partition coefficient (Wildman–Crippen LogP) is 4.20. The molecule has 0 spiro atoms. The van der Waals surface area contributed by atoms with Crippen molar-refractivity contribution in [1.82, 2.24) is 20.3 Å². The second kappa shape index (κ2) is 12.0. The Morgan fingerprint density at radius 2 is 1.59 bits per heavy atom. The number of para-hydroxylation sites is 1. The molecule has 0 saturated carbocycles. The van der Waals surface area contributed by atoms with Crippen molar-refractivity contribution in [3.05, 3.63) is 84.4 Å². The second-order valence-electron chi connectivity index (χ2n) is 9.91. The number of benzene rings is 3. The third-order valence-electron chi connectivity index (χ3n) is 6.32. The summed E-state index contributed by atoms with van der Waals surface area (Å²) < 4.78 is 5.72. The summed E-state index contributed by atoms with van der Waals surface area (Å²) in [6.45, 7) is 6.37. The molecule has 194 valence electrons. The SMILES string of the molecule is CC(CCc1ccc(NC(=O)Cn2nc3ccccc3n2)cc1)NC(C)(C)C(O)COc1ccccc1. The summed E-state index contributed by atoms with van der Waals surface area (Å²) in [5, 5.41) is 25.8. The Bertz CT molecular complexity index is 1250. The number of carbonyl (C=O) groups is 1. The minimum absolute atomic E-state index is 0.0532. The van der Waals surface area contributed by atoms with Crippen LogP contribution in [0.2, 0.25) is 0 Å². The number of carbonyl (C=O) groups excluding carboxylic acids is 1. The zero-order valence-electron chi connectivity index (χ0n) is 21.6. The van der Waals surface area contributed by atoms with Crippen molar-refractivity contribution < 1.29 is 14.6 Å². The molecular weight excluding hydrogens is 466 g/mol. The minimum atomic E-state index is -0.659. The summed E-state index contributed by atoms with van der Waals surface area (Å²) in [5.41, 5.74) is 2.94. The first kappa shape index (κ1) is 26.3. The van der Waals surface area contributed by atoms with Crippen molar-refractivity contribution in [1.29, 1.82) is 0 Å². The fraction of sp³-hybridized carbons (Fsp3) is 0.345. The van der Waals surface area contributed by atoms with E-state index in [-0.39, 0.29) is 25.1 Å². The van der Waals surface area contributed by atoms with Crippen molar-refractivity contribution in [2.45, 2.75) is 57.8 Å². The van der Waals surface area contributed by atoms with Gasteiger partial charge in [-0.2, -0.15) is 15.0 Å². The van der Waals surface area contributed by atoms with Crippen LogP contribution < -0.4 is 15.4 Å². The smallest absolute Gasteiger partial charge is 0.247 e. The number of anilines is 1. The maximum atomic E-state index is 12.4. The van der Waals surface area contributed by atoms with E-state index in [1.54, 1.807) is 0 Å². The lowest BCUT2D eigenvalue weighted by atomic mass is 9.95. The summed E-state index contributed by atoms with van der Waals surface area (Å²) in [7, 11) is 0. The van der Waals surface area contributed by atoms with Gasteiger partial charge < -0.3 is 20.5 Å². The molecule has 8 nitrogen and oxygen atoms in total. The first-order valence-corrected chi connectivity index (χ1v) is 12.6. The van der Waals surface area contributed by atoms with Gasteiger partial charge >= 0.3 is 0 Å². The van der Waals surface area contributed by atoms with Gasteiger partial charge in [0.05, 0.1) is 0 Å². The van der Waals surface area contributed by atoms with Crippen molar-refractivity contribution in [2.24, 2.45) is 0 Å². The first-order valence-electron chi connectivity index (χ1n) is 12.6. The van der Waals surface area contributed by atoms with E-state index in [1.807, 2.05) is 92.7 Å². The molecule has 2 atom stereocenters. The van der Waals surface area contributed by atoms with Crippen LogP contribution in [0.1, 0.15) is 32.8 Å². The zero-order chi connectivity index (χ0) is 26.3. The largest absolute Gasteiger partial charge is 0.491 e. The maximum absolute atomic E-state index is 12.4. The van der Waals surface area contributed by atoms with Crippen molar-refractivity contribution in [3.63, 3.8) is 0 Å². The molecule has 0 bridgehead atoms. The van der Waals surface area contributed by atoms with Gasteiger partial charge in [-0.3, -0.25) is 4.79 Å². The second-order valence-corrected chi connectivity index (χ2v) is 9.91. The van der Waals surface area contributed by atoms with Gasteiger partial charge in [0.15, 0.2) is 0 Å². The number of rotatable bonds is 12. The Hall–Kier alpha value is -3.75. The van der Waals surface area contributed by atoms with E-state index in [4.69, 9.17) is 4.74 Å². The number of hydrogen-bond donors (Lipinski definition) is 3. The standard InChI is InChI=1S/C29H35N5O3/c1-21(31-29(2,3)27(35)20-37-24-9-5-4-6-10-24)13-14-22-15-17-23(18-16-22)30-28(36)19-34-32-25-11-7-8-12-26(25)33-34/h4-12,15-18,21,27,31,35H,13-14,19-20H2,1-3H3,(H,30,36). The molecule has 1 amide bonds. The summed E-state index contributed by atoms with van der Waals surface area (Å²) >= 11 is 0. The number of aliphatic hydroxyl groups is 1. The van der Waals surface area contributed by atoms with Gasteiger partial charge in [-0.05, 0) is 75.6 Å². The highest BCUT2D eigenvalue weighted by atomic mass is 16.5. The molecule has 0 saturated heterocycles. The molecule has 2 unspecified atom stereocenters.